The third kappa shape index (κ3) is 4.17. The summed E-state index contributed by atoms with van der Waals surface area (Å²) in [7, 11) is 0. The maximum absolute atomic E-state index is 6.09. The first-order valence-electron chi connectivity index (χ1n) is 7.26. The molecule has 2 aromatic heterocycles. The predicted molar refractivity (Wildman–Crippen MR) is 102 cm³/mol. The minimum Gasteiger partial charge on any atom is -0.353 e. The van der Waals surface area contributed by atoms with Crippen LogP contribution in [0.3, 0.4) is 0 Å². The summed E-state index contributed by atoms with van der Waals surface area (Å²) in [6, 6.07) is 3.62. The lowest BCUT2D eigenvalue weighted by Crippen LogP contribution is -2.47. The molecular formula is C14H16Cl2N6S2. The highest BCUT2D eigenvalue weighted by atomic mass is 35.5. The van der Waals surface area contributed by atoms with E-state index in [0.717, 1.165) is 37.8 Å². The molecule has 0 N–H and O–H groups in total. The standard InChI is InChI=1S/C14H16Cl2N6S2/c1-23-13-17-9(15)7-11(19-13)21-3-5-22(6-4-21)12-8-10(16)18-14(20-12)24-2/h7-8H,3-6H2,1-2H3. The van der Waals surface area contributed by atoms with Gasteiger partial charge in [0.05, 0.1) is 0 Å². The van der Waals surface area contributed by atoms with Gasteiger partial charge in [-0.3, -0.25) is 0 Å². The molecule has 0 saturated carbocycles. The van der Waals surface area contributed by atoms with Crippen LogP contribution in [0.25, 0.3) is 0 Å². The molecule has 0 bridgehead atoms. The SMILES string of the molecule is CSc1nc(Cl)cc(N2CCN(c3cc(Cl)nc(SC)n3)CC2)n1. The van der Waals surface area contributed by atoms with Crippen LogP contribution in [-0.2, 0) is 0 Å². The van der Waals surface area contributed by atoms with Gasteiger partial charge in [0.2, 0.25) is 0 Å². The number of rotatable bonds is 4. The number of aromatic nitrogens is 4. The molecule has 1 aliphatic heterocycles. The van der Waals surface area contributed by atoms with Gasteiger partial charge in [-0.25, -0.2) is 19.9 Å². The highest BCUT2D eigenvalue weighted by Gasteiger charge is 2.21. The molecular weight excluding hydrogens is 387 g/mol. The molecule has 3 heterocycles. The monoisotopic (exact) mass is 402 g/mol. The van der Waals surface area contributed by atoms with Crippen LogP contribution < -0.4 is 9.80 Å². The van der Waals surface area contributed by atoms with E-state index in [1.807, 2.05) is 24.6 Å². The predicted octanol–water partition coefficient (Wildman–Crippen LogP) is 3.34. The Labute approximate surface area is 159 Å². The maximum Gasteiger partial charge on any atom is 0.190 e. The van der Waals surface area contributed by atoms with Crippen molar-refractivity contribution >= 4 is 58.4 Å². The minimum absolute atomic E-state index is 0.471. The van der Waals surface area contributed by atoms with Gasteiger partial charge in [-0.2, -0.15) is 0 Å². The largest absolute Gasteiger partial charge is 0.353 e. The summed E-state index contributed by atoms with van der Waals surface area (Å²) in [5, 5.41) is 2.32. The summed E-state index contributed by atoms with van der Waals surface area (Å²) < 4.78 is 0. The number of hydrogen-bond donors (Lipinski definition) is 0. The molecule has 10 heteroatoms. The van der Waals surface area contributed by atoms with Gasteiger partial charge in [-0.1, -0.05) is 46.7 Å². The molecule has 0 atom stereocenters. The zero-order chi connectivity index (χ0) is 17.1. The molecule has 1 fully saturated rings. The zero-order valence-electron chi connectivity index (χ0n) is 13.2. The second kappa shape index (κ2) is 7.95. The fraction of sp³-hybridized carbons (Fsp3) is 0.429. The summed E-state index contributed by atoms with van der Waals surface area (Å²) >= 11 is 15.1. The molecule has 2 aromatic rings. The van der Waals surface area contributed by atoms with Crippen LogP contribution in [0.4, 0.5) is 11.6 Å². The highest BCUT2D eigenvalue weighted by molar-refractivity contribution is 7.98. The Kier molecular flexibility index (Phi) is 5.91. The molecule has 1 aliphatic rings. The molecule has 0 aromatic carbocycles. The molecule has 128 valence electrons. The lowest BCUT2D eigenvalue weighted by Gasteiger charge is -2.36. The highest BCUT2D eigenvalue weighted by Crippen LogP contribution is 2.24. The molecule has 0 unspecified atom stereocenters. The third-order valence-electron chi connectivity index (χ3n) is 3.61. The van der Waals surface area contributed by atoms with Gasteiger partial charge in [0, 0.05) is 38.3 Å². The summed E-state index contributed by atoms with van der Waals surface area (Å²) in [5.41, 5.74) is 0. The summed E-state index contributed by atoms with van der Waals surface area (Å²) in [5.74, 6) is 1.73. The Morgan fingerprint density at radius 2 is 1.12 bits per heavy atom. The quantitative estimate of drug-likeness (QED) is 0.438. The number of halogens is 2. The molecule has 0 amide bonds. The van der Waals surface area contributed by atoms with Crippen LogP contribution in [0.15, 0.2) is 22.4 Å². The van der Waals surface area contributed by atoms with E-state index in [2.05, 4.69) is 29.7 Å². The van der Waals surface area contributed by atoms with Crippen molar-refractivity contribution in [1.82, 2.24) is 19.9 Å². The van der Waals surface area contributed by atoms with Crippen molar-refractivity contribution in [3.63, 3.8) is 0 Å². The van der Waals surface area contributed by atoms with Crippen LogP contribution in [-0.4, -0.2) is 58.6 Å². The van der Waals surface area contributed by atoms with Crippen molar-refractivity contribution in [2.24, 2.45) is 0 Å². The molecule has 3 rings (SSSR count). The smallest absolute Gasteiger partial charge is 0.190 e. The van der Waals surface area contributed by atoms with Gasteiger partial charge in [-0.05, 0) is 12.5 Å². The molecule has 0 radical (unpaired) electrons. The number of nitrogens with zero attached hydrogens (tertiary/aromatic N) is 6. The van der Waals surface area contributed by atoms with E-state index in [1.54, 1.807) is 0 Å². The minimum atomic E-state index is 0.471. The van der Waals surface area contributed by atoms with Gasteiger partial charge < -0.3 is 9.80 Å². The first-order chi connectivity index (χ1) is 11.6. The van der Waals surface area contributed by atoms with Gasteiger partial charge in [0.25, 0.3) is 0 Å². The average molecular weight is 403 g/mol. The van der Waals surface area contributed by atoms with Crippen LogP contribution in [0.5, 0.6) is 0 Å². The number of hydrogen-bond acceptors (Lipinski definition) is 8. The van der Waals surface area contributed by atoms with Gasteiger partial charge in [-0.15, -0.1) is 0 Å². The zero-order valence-corrected chi connectivity index (χ0v) is 16.4. The molecule has 6 nitrogen and oxygen atoms in total. The lowest BCUT2D eigenvalue weighted by molar-refractivity contribution is 0.634. The number of anilines is 2. The van der Waals surface area contributed by atoms with E-state index < -0.39 is 0 Å². The first-order valence-corrected chi connectivity index (χ1v) is 10.5. The molecule has 1 saturated heterocycles. The van der Waals surface area contributed by atoms with Crippen LogP contribution in [0, 0.1) is 0 Å². The van der Waals surface area contributed by atoms with Crippen molar-refractivity contribution in [1.29, 1.82) is 0 Å². The summed E-state index contributed by atoms with van der Waals surface area (Å²) in [4.78, 5) is 21.9. The van der Waals surface area contributed by atoms with Crippen molar-refractivity contribution in [2.75, 3.05) is 48.5 Å². The Balaban J connectivity index is 1.72. The van der Waals surface area contributed by atoms with Gasteiger partial charge in [0.15, 0.2) is 10.3 Å². The van der Waals surface area contributed by atoms with E-state index >= 15 is 0 Å². The van der Waals surface area contributed by atoms with E-state index in [4.69, 9.17) is 23.2 Å². The topological polar surface area (TPSA) is 58.0 Å². The van der Waals surface area contributed by atoms with E-state index in [0.29, 0.717) is 20.6 Å². The second-order valence-electron chi connectivity index (χ2n) is 5.05. The molecule has 24 heavy (non-hydrogen) atoms. The van der Waals surface area contributed by atoms with Gasteiger partial charge in [0.1, 0.15) is 21.9 Å². The fourth-order valence-electron chi connectivity index (χ4n) is 2.44. The Morgan fingerprint density at radius 3 is 1.46 bits per heavy atom. The Hall–Kier alpha value is -0.960. The number of thioether (sulfide) groups is 2. The van der Waals surface area contributed by atoms with E-state index in [-0.39, 0.29) is 0 Å². The average Bonchev–Trinajstić information content (AvgIpc) is 2.60. The van der Waals surface area contributed by atoms with Crippen molar-refractivity contribution < 1.29 is 0 Å². The van der Waals surface area contributed by atoms with Crippen molar-refractivity contribution in [3.05, 3.63) is 22.4 Å². The molecule has 0 spiro atoms. The number of piperazine rings is 1. The van der Waals surface area contributed by atoms with Crippen LogP contribution >= 0.6 is 46.7 Å². The van der Waals surface area contributed by atoms with Crippen LogP contribution in [0.2, 0.25) is 10.3 Å². The normalized spacial score (nSPS) is 15.0. The second-order valence-corrected chi connectivity index (χ2v) is 7.37. The van der Waals surface area contributed by atoms with Crippen LogP contribution in [0.1, 0.15) is 0 Å². The Morgan fingerprint density at radius 1 is 0.750 bits per heavy atom. The molecule has 0 aliphatic carbocycles. The Bertz CT molecular complexity index is 663. The third-order valence-corrected chi connectivity index (χ3v) is 5.10. The lowest BCUT2D eigenvalue weighted by atomic mass is 10.3. The van der Waals surface area contributed by atoms with E-state index in [1.165, 1.54) is 23.5 Å². The van der Waals surface area contributed by atoms with E-state index in [9.17, 15) is 0 Å². The van der Waals surface area contributed by atoms with Crippen molar-refractivity contribution in [2.45, 2.75) is 10.3 Å². The fourth-order valence-corrected chi connectivity index (χ4v) is 3.65. The summed E-state index contributed by atoms with van der Waals surface area (Å²) in [6.07, 6.45) is 3.88. The maximum atomic E-state index is 6.09. The first kappa shape index (κ1) is 17.8. The van der Waals surface area contributed by atoms with Gasteiger partial charge >= 0.3 is 0 Å². The summed E-state index contributed by atoms with van der Waals surface area (Å²) in [6.45, 7) is 3.32. The van der Waals surface area contributed by atoms with Crippen molar-refractivity contribution in [3.8, 4) is 0 Å².